The molecule has 4 aromatic rings. The Morgan fingerprint density at radius 1 is 0.969 bits per heavy atom. The molecule has 0 aliphatic rings. The van der Waals surface area contributed by atoms with Gasteiger partial charge in [0.2, 0.25) is 0 Å². The highest BCUT2D eigenvalue weighted by molar-refractivity contribution is 5.67. The summed E-state index contributed by atoms with van der Waals surface area (Å²) in [5.74, 6) is 2.37. The molecule has 0 amide bonds. The van der Waals surface area contributed by atoms with Crippen LogP contribution in [0.1, 0.15) is 32.3 Å². The number of hydrogen-bond donors (Lipinski definition) is 1. The largest absolute Gasteiger partial charge is 0.497 e. The lowest BCUT2D eigenvalue weighted by Gasteiger charge is -2.13. The van der Waals surface area contributed by atoms with E-state index >= 15 is 0 Å². The molecule has 0 saturated heterocycles. The molecule has 0 unspecified atom stereocenters. The van der Waals surface area contributed by atoms with Crippen LogP contribution in [0.15, 0.2) is 77.5 Å². The highest BCUT2D eigenvalue weighted by atomic mass is 16.5. The molecule has 32 heavy (non-hydrogen) atoms. The summed E-state index contributed by atoms with van der Waals surface area (Å²) >= 11 is 0. The lowest BCUT2D eigenvalue weighted by molar-refractivity contribution is 0.415. The molecule has 0 aliphatic heterocycles. The van der Waals surface area contributed by atoms with Gasteiger partial charge in [-0.1, -0.05) is 51.0 Å². The van der Waals surface area contributed by atoms with Crippen LogP contribution in [0.3, 0.4) is 0 Å². The van der Waals surface area contributed by atoms with Gasteiger partial charge in [-0.25, -0.2) is 4.68 Å². The average Bonchev–Trinajstić information content (AvgIpc) is 3.52. The minimum absolute atomic E-state index is 0.697. The smallest absolute Gasteiger partial charge is 0.152 e. The van der Waals surface area contributed by atoms with Gasteiger partial charge in [-0.15, -0.1) is 0 Å². The number of rotatable bonds is 10. The summed E-state index contributed by atoms with van der Waals surface area (Å²) in [6.45, 7) is 6.26. The number of nitrogens with one attached hydrogen (secondary N) is 1. The first kappa shape index (κ1) is 21.9. The van der Waals surface area contributed by atoms with Crippen molar-refractivity contribution in [2.75, 3.05) is 13.7 Å². The van der Waals surface area contributed by atoms with E-state index in [2.05, 4.69) is 55.6 Å². The summed E-state index contributed by atoms with van der Waals surface area (Å²) < 4.78 is 13.0. The summed E-state index contributed by atoms with van der Waals surface area (Å²) in [7, 11) is 1.68. The molecule has 0 saturated carbocycles. The Morgan fingerprint density at radius 2 is 1.66 bits per heavy atom. The lowest BCUT2D eigenvalue weighted by Crippen LogP contribution is -2.21. The zero-order valence-electron chi connectivity index (χ0n) is 19.0. The summed E-state index contributed by atoms with van der Waals surface area (Å²) in [5, 5.41) is 8.31. The van der Waals surface area contributed by atoms with Crippen LogP contribution >= 0.6 is 0 Å². The number of methoxy groups -OCH3 is 1. The van der Waals surface area contributed by atoms with Gasteiger partial charge < -0.3 is 14.5 Å². The molecule has 166 valence electrons. The van der Waals surface area contributed by atoms with Gasteiger partial charge in [0.25, 0.3) is 0 Å². The second-order valence-electron chi connectivity index (χ2n) is 8.00. The Kier molecular flexibility index (Phi) is 7.07. The van der Waals surface area contributed by atoms with Crippen molar-refractivity contribution in [1.29, 1.82) is 0 Å². The van der Waals surface area contributed by atoms with Crippen molar-refractivity contribution in [3.05, 3.63) is 78.7 Å². The molecule has 2 aromatic carbocycles. The molecule has 0 atom stereocenters. The minimum atomic E-state index is 0.697. The fourth-order valence-electron chi connectivity index (χ4n) is 3.95. The van der Waals surface area contributed by atoms with E-state index in [1.807, 2.05) is 35.1 Å². The number of furan rings is 1. The van der Waals surface area contributed by atoms with Crippen LogP contribution in [0.25, 0.3) is 28.3 Å². The fourth-order valence-corrected chi connectivity index (χ4v) is 3.95. The maximum absolute atomic E-state index is 5.76. The molecular formula is C27H31N3O2. The first-order valence-corrected chi connectivity index (χ1v) is 11.3. The van der Waals surface area contributed by atoms with E-state index in [4.69, 9.17) is 14.3 Å². The van der Waals surface area contributed by atoms with Gasteiger partial charge in [0, 0.05) is 12.1 Å². The number of nitrogens with zero attached hydrogens (tertiary/aromatic N) is 2. The van der Waals surface area contributed by atoms with Crippen molar-refractivity contribution in [2.45, 2.75) is 33.2 Å². The highest BCUT2D eigenvalue weighted by Crippen LogP contribution is 2.29. The van der Waals surface area contributed by atoms with Gasteiger partial charge in [-0.05, 0) is 60.0 Å². The third kappa shape index (κ3) is 4.78. The number of ether oxygens (including phenoxy) is 1. The van der Waals surface area contributed by atoms with Crippen LogP contribution in [0, 0.1) is 5.92 Å². The molecular weight excluding hydrogens is 398 g/mol. The molecule has 2 heterocycles. The van der Waals surface area contributed by atoms with E-state index in [0.29, 0.717) is 5.92 Å². The third-order valence-electron chi connectivity index (χ3n) is 6.04. The van der Waals surface area contributed by atoms with Crippen LogP contribution in [-0.2, 0) is 6.54 Å². The fraction of sp³-hybridized carbons (Fsp3) is 0.296. The van der Waals surface area contributed by atoms with Gasteiger partial charge in [-0.3, -0.25) is 0 Å². The third-order valence-corrected chi connectivity index (χ3v) is 6.04. The molecule has 2 aromatic heterocycles. The summed E-state index contributed by atoms with van der Waals surface area (Å²) in [6.07, 6.45) is 6.03. The SMILES string of the molecule is CCC(CC)CNCc1cnn(-c2ccc(-c3ccc(OC)cc3)cc2)c1-c1ccco1. The molecule has 0 radical (unpaired) electrons. The van der Waals surface area contributed by atoms with Gasteiger partial charge in [0.15, 0.2) is 5.76 Å². The average molecular weight is 430 g/mol. The first-order valence-electron chi connectivity index (χ1n) is 11.3. The predicted octanol–water partition coefficient (Wildman–Crippen LogP) is 6.33. The van der Waals surface area contributed by atoms with Crippen LogP contribution in [0.2, 0.25) is 0 Å². The number of benzene rings is 2. The zero-order chi connectivity index (χ0) is 22.3. The van der Waals surface area contributed by atoms with Crippen LogP contribution in [0.5, 0.6) is 5.75 Å². The molecule has 5 heteroatoms. The van der Waals surface area contributed by atoms with Crippen molar-refractivity contribution in [3.63, 3.8) is 0 Å². The summed E-state index contributed by atoms with van der Waals surface area (Å²) in [6, 6.07) is 20.4. The van der Waals surface area contributed by atoms with Crippen LogP contribution in [0.4, 0.5) is 0 Å². The molecule has 0 spiro atoms. The van der Waals surface area contributed by atoms with Crippen LogP contribution in [-0.4, -0.2) is 23.4 Å². The van der Waals surface area contributed by atoms with Crippen molar-refractivity contribution in [3.8, 4) is 34.0 Å². The van der Waals surface area contributed by atoms with Crippen molar-refractivity contribution >= 4 is 0 Å². The Labute approximate surface area is 190 Å². The monoisotopic (exact) mass is 429 g/mol. The van der Waals surface area contributed by atoms with Gasteiger partial charge in [-0.2, -0.15) is 5.10 Å². The minimum Gasteiger partial charge on any atom is -0.497 e. The van der Waals surface area contributed by atoms with Crippen LogP contribution < -0.4 is 10.1 Å². The molecule has 4 rings (SSSR count). The molecule has 1 N–H and O–H groups in total. The zero-order valence-corrected chi connectivity index (χ0v) is 19.0. The maximum atomic E-state index is 5.76. The number of aromatic nitrogens is 2. The highest BCUT2D eigenvalue weighted by Gasteiger charge is 2.17. The first-order chi connectivity index (χ1) is 15.7. The van der Waals surface area contributed by atoms with E-state index < -0.39 is 0 Å². The predicted molar refractivity (Wildman–Crippen MR) is 129 cm³/mol. The molecule has 0 aliphatic carbocycles. The second kappa shape index (κ2) is 10.3. The Bertz CT molecular complexity index is 1090. The Balaban J connectivity index is 1.59. The Morgan fingerprint density at radius 3 is 2.25 bits per heavy atom. The quantitative estimate of drug-likeness (QED) is 0.320. The van der Waals surface area contributed by atoms with E-state index in [1.165, 1.54) is 12.8 Å². The molecule has 5 nitrogen and oxygen atoms in total. The van der Waals surface area contributed by atoms with Crippen molar-refractivity contribution < 1.29 is 9.15 Å². The number of hydrogen-bond acceptors (Lipinski definition) is 4. The van der Waals surface area contributed by atoms with Gasteiger partial charge in [0.1, 0.15) is 11.4 Å². The maximum Gasteiger partial charge on any atom is 0.152 e. The van der Waals surface area contributed by atoms with Gasteiger partial charge >= 0.3 is 0 Å². The van der Waals surface area contributed by atoms with E-state index in [9.17, 15) is 0 Å². The van der Waals surface area contributed by atoms with E-state index in [1.54, 1.807) is 13.4 Å². The Hall–Kier alpha value is -3.31. The lowest BCUT2D eigenvalue weighted by atomic mass is 10.0. The van der Waals surface area contributed by atoms with Gasteiger partial charge in [0.05, 0.1) is 25.3 Å². The van der Waals surface area contributed by atoms with Crippen molar-refractivity contribution in [1.82, 2.24) is 15.1 Å². The summed E-state index contributed by atoms with van der Waals surface area (Å²) in [4.78, 5) is 0. The normalized spacial score (nSPS) is 11.2. The molecule has 0 fully saturated rings. The molecule has 0 bridgehead atoms. The van der Waals surface area contributed by atoms with E-state index in [0.717, 1.165) is 52.7 Å². The van der Waals surface area contributed by atoms with Crippen molar-refractivity contribution in [2.24, 2.45) is 5.92 Å². The topological polar surface area (TPSA) is 52.2 Å². The second-order valence-corrected chi connectivity index (χ2v) is 8.00. The summed E-state index contributed by atoms with van der Waals surface area (Å²) in [5.41, 5.74) is 5.42. The van der Waals surface area contributed by atoms with E-state index in [-0.39, 0.29) is 0 Å². The standard InChI is InChI=1S/C27H31N3O2/c1-4-20(5-2)17-28-18-23-19-29-30(27(23)26-7-6-16-32-26)24-12-8-21(9-13-24)22-10-14-25(31-3)15-11-22/h6-16,19-20,28H,4-5,17-18H2,1-3H3.